The Morgan fingerprint density at radius 3 is 2.64 bits per heavy atom. The number of aryl methyl sites for hydroxylation is 1. The van der Waals surface area contributed by atoms with Crippen LogP contribution in [0.25, 0.3) is 0 Å². The molecular weight excluding hydrogens is 308 g/mol. The molecule has 0 N–H and O–H groups in total. The molecule has 0 bridgehead atoms. The molecule has 1 aliphatic rings. The molecule has 0 aliphatic carbocycles. The van der Waals surface area contributed by atoms with Gasteiger partial charge in [0, 0.05) is 47.3 Å². The van der Waals surface area contributed by atoms with Crippen LogP contribution >= 0.6 is 0 Å². The molecule has 0 saturated carbocycles. The van der Waals surface area contributed by atoms with Gasteiger partial charge in [0.25, 0.3) is 0 Å². The molecule has 0 spiro atoms. The lowest BCUT2D eigenvalue weighted by Gasteiger charge is -2.38. The minimum absolute atomic E-state index is 0.0687. The number of amides is 1. The first kappa shape index (κ1) is 8.05. The van der Waals surface area contributed by atoms with Crippen molar-refractivity contribution in [2.24, 2.45) is 0 Å². The third-order valence-corrected chi connectivity index (χ3v) is 4.23. The quantitative estimate of drug-likeness (QED) is 0.783. The van der Waals surface area contributed by atoms with E-state index in [1.807, 2.05) is 6.07 Å². The molecule has 1 heterocycles. The number of likely N-dealkylation sites (tertiary alicyclic amines) is 1. The number of nitrogens with zero attached hydrogens (tertiary/aromatic N) is 2. The lowest BCUT2D eigenvalue weighted by Crippen LogP contribution is -2.47. The molecule has 0 unspecified atom stereocenters. The van der Waals surface area contributed by atoms with Crippen molar-refractivity contribution in [3.8, 4) is 0 Å². The van der Waals surface area contributed by atoms with E-state index in [0.29, 0.717) is 4.90 Å². The first-order chi connectivity index (χ1) is 17.0. The third kappa shape index (κ3) is 4.70. The smallest absolute Gasteiger partial charge is 0.226 e. The topological polar surface area (TPSA) is 23.6 Å². The van der Waals surface area contributed by atoms with Gasteiger partial charge in [0.1, 0.15) is 0 Å². The maximum absolute atomic E-state index is 13.4. The fourth-order valence-electron chi connectivity index (χ4n) is 2.96. The molecule has 0 radical (unpaired) electrons. The molecule has 2 aromatic carbocycles. The third-order valence-electron chi connectivity index (χ3n) is 4.23. The fourth-order valence-corrected chi connectivity index (χ4v) is 2.96. The standard InChI is InChI=1S/C22H28N2O/c1-2-22(25)24(20-11-7-4-8-12-20)21-14-17-23(18-15-21)16-13-19-9-5-3-6-10-19/h3-12,21H,2,13-18H2,1H3/i1D3,2D2,4D,7D,8D,11D,12D,16D2. The number of hydrogen-bond donors (Lipinski definition) is 0. The van der Waals surface area contributed by atoms with Gasteiger partial charge in [0.2, 0.25) is 5.91 Å². The van der Waals surface area contributed by atoms with Crippen LogP contribution < -0.4 is 4.90 Å². The van der Waals surface area contributed by atoms with Crippen molar-refractivity contribution >= 4 is 11.6 Å². The van der Waals surface area contributed by atoms with Gasteiger partial charge in [-0.15, -0.1) is 0 Å². The second kappa shape index (κ2) is 8.82. The van der Waals surface area contributed by atoms with Gasteiger partial charge >= 0.3 is 0 Å². The number of anilines is 1. The molecule has 1 amide bonds. The van der Waals surface area contributed by atoms with Gasteiger partial charge in [-0.3, -0.25) is 4.79 Å². The van der Waals surface area contributed by atoms with E-state index in [1.165, 1.54) is 0 Å². The minimum Gasteiger partial charge on any atom is -0.309 e. The van der Waals surface area contributed by atoms with Crippen LogP contribution in [-0.4, -0.2) is 36.4 Å². The Balaban J connectivity index is 1.98. The number of carbonyl (C=O) groups excluding carboxylic acids is 1. The van der Waals surface area contributed by atoms with Crippen LogP contribution in [0.4, 0.5) is 5.69 Å². The van der Waals surface area contributed by atoms with Crippen LogP contribution in [0.3, 0.4) is 0 Å². The van der Waals surface area contributed by atoms with Gasteiger partial charge in [-0.25, -0.2) is 0 Å². The zero-order valence-electron chi connectivity index (χ0n) is 25.8. The summed E-state index contributed by atoms with van der Waals surface area (Å²) in [6, 6.07) is 4.46. The normalized spacial score (nSPS) is 24.5. The van der Waals surface area contributed by atoms with E-state index in [0.717, 1.165) is 5.56 Å². The van der Waals surface area contributed by atoms with Crippen molar-refractivity contribution in [3.63, 3.8) is 0 Å². The van der Waals surface area contributed by atoms with Gasteiger partial charge in [-0.05, 0) is 36.9 Å². The Labute approximate surface area is 168 Å². The summed E-state index contributed by atoms with van der Waals surface area (Å²) in [7, 11) is 0. The monoisotopic (exact) mass is 348 g/mol. The molecule has 132 valence electrons. The maximum atomic E-state index is 13.4. The molecule has 25 heavy (non-hydrogen) atoms. The summed E-state index contributed by atoms with van der Waals surface area (Å²) >= 11 is 0. The van der Waals surface area contributed by atoms with Crippen LogP contribution in [0.15, 0.2) is 60.5 Å². The Bertz CT molecular complexity index is 1120. The number of carbonyl (C=O) groups is 1. The van der Waals surface area contributed by atoms with Crippen molar-refractivity contribution in [1.29, 1.82) is 0 Å². The summed E-state index contributed by atoms with van der Waals surface area (Å²) in [4.78, 5) is 15.7. The van der Waals surface area contributed by atoms with Crippen molar-refractivity contribution in [1.82, 2.24) is 4.90 Å². The van der Waals surface area contributed by atoms with E-state index in [4.69, 9.17) is 16.4 Å². The minimum atomic E-state index is -3.39. The number of benzene rings is 2. The van der Waals surface area contributed by atoms with Crippen molar-refractivity contribution in [2.75, 3.05) is 24.5 Å². The van der Waals surface area contributed by atoms with Crippen LogP contribution in [-0.2, 0) is 11.2 Å². The highest BCUT2D eigenvalue weighted by molar-refractivity contribution is 5.93. The highest BCUT2D eigenvalue weighted by Gasteiger charge is 2.28. The predicted octanol–water partition coefficient (Wildman–Crippen LogP) is 4.14. The van der Waals surface area contributed by atoms with Gasteiger partial charge < -0.3 is 9.80 Å². The Hall–Kier alpha value is -2.13. The molecule has 2 aromatic rings. The van der Waals surface area contributed by atoms with Crippen molar-refractivity contribution in [2.45, 2.75) is 38.5 Å². The number of rotatable bonds is 6. The van der Waals surface area contributed by atoms with Crippen LogP contribution in [0.5, 0.6) is 0 Å². The second-order valence-electron chi connectivity index (χ2n) is 5.81. The molecule has 3 heteroatoms. The molecule has 1 fully saturated rings. The summed E-state index contributed by atoms with van der Waals surface area (Å²) in [5, 5.41) is 0. The number of hydrogen-bond acceptors (Lipinski definition) is 2. The van der Waals surface area contributed by atoms with Crippen molar-refractivity contribution < 1.29 is 21.2 Å². The molecule has 1 saturated heterocycles. The van der Waals surface area contributed by atoms with E-state index >= 15 is 0 Å². The van der Waals surface area contributed by atoms with E-state index in [9.17, 15) is 4.79 Å². The molecule has 0 atom stereocenters. The Kier molecular flexibility index (Phi) is 2.84. The molecular formula is C22H28N2O. The largest absolute Gasteiger partial charge is 0.309 e. The second-order valence-corrected chi connectivity index (χ2v) is 5.81. The van der Waals surface area contributed by atoms with E-state index in [-0.39, 0.29) is 32.4 Å². The lowest BCUT2D eigenvalue weighted by molar-refractivity contribution is -0.119. The zero-order chi connectivity index (χ0) is 27.9. The summed E-state index contributed by atoms with van der Waals surface area (Å²) in [5.74, 6) is -1.53. The van der Waals surface area contributed by atoms with Gasteiger partial charge in [0.15, 0.2) is 0 Å². The van der Waals surface area contributed by atoms with Crippen LogP contribution in [0.2, 0.25) is 0 Å². The maximum Gasteiger partial charge on any atom is 0.226 e. The Morgan fingerprint density at radius 2 is 1.96 bits per heavy atom. The average molecular weight is 349 g/mol. The number of para-hydroxylation sites is 1. The van der Waals surface area contributed by atoms with E-state index in [1.54, 1.807) is 29.2 Å². The molecule has 3 rings (SSSR count). The number of piperidine rings is 1. The summed E-state index contributed by atoms with van der Waals surface area (Å²) in [6.07, 6.45) is -3.15. The van der Waals surface area contributed by atoms with Gasteiger partial charge in [0.05, 0.1) is 6.85 Å². The van der Waals surface area contributed by atoms with Crippen LogP contribution in [0, 0.1) is 0 Å². The lowest BCUT2D eigenvalue weighted by atomic mass is 10.0. The molecule has 3 nitrogen and oxygen atoms in total. The molecule has 0 aromatic heterocycles. The van der Waals surface area contributed by atoms with Gasteiger partial charge in [-0.1, -0.05) is 55.3 Å². The first-order valence-corrected chi connectivity index (χ1v) is 8.20. The first-order valence-electron chi connectivity index (χ1n) is 14.2. The van der Waals surface area contributed by atoms with Crippen molar-refractivity contribution in [3.05, 3.63) is 66.1 Å². The van der Waals surface area contributed by atoms with E-state index < -0.39 is 67.6 Å². The van der Waals surface area contributed by atoms with Gasteiger partial charge in [-0.2, -0.15) is 0 Å². The molecule has 1 aliphatic heterocycles. The Morgan fingerprint density at radius 1 is 1.24 bits per heavy atom. The zero-order valence-corrected chi connectivity index (χ0v) is 13.8. The predicted molar refractivity (Wildman–Crippen MR) is 104 cm³/mol. The summed E-state index contributed by atoms with van der Waals surface area (Å²) in [5.41, 5.74) is 0.200. The summed E-state index contributed by atoms with van der Waals surface area (Å²) in [6.45, 7) is -4.89. The average Bonchev–Trinajstić information content (AvgIpc) is 2.83. The summed E-state index contributed by atoms with van der Waals surface area (Å²) < 4.78 is 96.2. The van der Waals surface area contributed by atoms with E-state index in [2.05, 4.69) is 0 Å². The fraction of sp³-hybridized carbons (Fsp3) is 0.409. The van der Waals surface area contributed by atoms with Crippen LogP contribution in [0.1, 0.15) is 48.1 Å². The highest BCUT2D eigenvalue weighted by Crippen LogP contribution is 2.24. The SMILES string of the molecule is [2H]c1c([2H])c([2H])c(N(C(=O)C([2H])([2H])C([2H])([2H])[2H])C2CCN(C([2H])([2H])Cc3ccccc3)CC2)c([2H])c1[2H]. The highest BCUT2D eigenvalue weighted by atomic mass is 16.2.